The van der Waals surface area contributed by atoms with E-state index < -0.39 is 0 Å². The maximum absolute atomic E-state index is 5.44. The van der Waals surface area contributed by atoms with Gasteiger partial charge in [-0.25, -0.2) is 5.84 Å². The molecule has 3 aliphatic heterocycles. The molecule has 0 aromatic heterocycles. The van der Waals surface area contributed by atoms with Crippen LogP contribution in [0.4, 0.5) is 11.4 Å². The monoisotopic (exact) mass is 310 g/mol. The van der Waals surface area contributed by atoms with E-state index in [-0.39, 0.29) is 24.8 Å². The molecular weight excluding hydrogens is 299 g/mol. The van der Waals surface area contributed by atoms with E-state index >= 15 is 0 Å². The molecule has 94 valence electrons. The van der Waals surface area contributed by atoms with E-state index in [2.05, 4.69) is 21.2 Å². The molecule has 1 aromatic carbocycles. The standard InChI is InChI=1S/C6H6N4.C3H4S2.2ClH/c7-10-6-3-1-5(2-4-6)8-9-10;1-2-5-3-4-1;;/h1-4H,7H2;1-2H,3H2;2*1H. The summed E-state index contributed by atoms with van der Waals surface area (Å²) in [6.07, 6.45) is 0. The molecule has 3 aliphatic rings. The number of rotatable bonds is 0. The average molecular weight is 311 g/mol. The quantitative estimate of drug-likeness (QED) is 0.732. The van der Waals surface area contributed by atoms with Crippen molar-refractivity contribution in [3.8, 4) is 0 Å². The van der Waals surface area contributed by atoms with Crippen molar-refractivity contribution < 1.29 is 0 Å². The Balaban J connectivity index is 0.000000318. The smallest absolute Gasteiger partial charge is 0.0876 e. The normalized spacial score (nSPS) is 14.3. The maximum Gasteiger partial charge on any atom is 0.0876 e. The van der Waals surface area contributed by atoms with Gasteiger partial charge in [0.25, 0.3) is 0 Å². The molecule has 0 saturated carbocycles. The molecule has 0 amide bonds. The van der Waals surface area contributed by atoms with Gasteiger partial charge in [-0.15, -0.1) is 53.5 Å². The van der Waals surface area contributed by atoms with Crippen LogP contribution in [0.5, 0.6) is 0 Å². The van der Waals surface area contributed by atoms with Crippen LogP contribution in [0.1, 0.15) is 0 Å². The number of thioether (sulfide) groups is 2. The molecule has 0 radical (unpaired) electrons. The van der Waals surface area contributed by atoms with Crippen molar-refractivity contribution in [1.29, 1.82) is 0 Å². The molecule has 17 heavy (non-hydrogen) atoms. The molecule has 0 unspecified atom stereocenters. The van der Waals surface area contributed by atoms with Crippen molar-refractivity contribution in [3.05, 3.63) is 35.1 Å². The van der Waals surface area contributed by atoms with Gasteiger partial charge in [0.1, 0.15) is 0 Å². The molecule has 2 N–H and O–H groups in total. The largest absolute Gasteiger partial charge is 0.225 e. The molecule has 0 spiro atoms. The Hall–Kier alpha value is -0.400. The Morgan fingerprint density at radius 3 is 2.12 bits per heavy atom. The van der Waals surface area contributed by atoms with E-state index in [1.807, 2.05) is 47.8 Å². The highest BCUT2D eigenvalue weighted by molar-refractivity contribution is 8.21. The van der Waals surface area contributed by atoms with Crippen LogP contribution in [0, 0.1) is 0 Å². The molecule has 4 rings (SSSR count). The summed E-state index contributed by atoms with van der Waals surface area (Å²) in [5.41, 5.74) is 1.68. The lowest BCUT2D eigenvalue weighted by molar-refractivity contribution is 0.867. The van der Waals surface area contributed by atoms with Crippen molar-refractivity contribution in [2.45, 2.75) is 0 Å². The van der Waals surface area contributed by atoms with Crippen LogP contribution in [0.3, 0.4) is 0 Å². The van der Waals surface area contributed by atoms with E-state index in [1.165, 1.54) is 10.2 Å². The summed E-state index contributed by atoms with van der Waals surface area (Å²) < 4.78 is 0. The molecule has 2 bridgehead atoms. The van der Waals surface area contributed by atoms with E-state index in [1.54, 1.807) is 0 Å². The van der Waals surface area contributed by atoms with Crippen LogP contribution in [0.25, 0.3) is 0 Å². The Bertz CT molecular complexity index is 377. The minimum atomic E-state index is 0. The first-order valence-electron chi connectivity index (χ1n) is 4.31. The zero-order valence-corrected chi connectivity index (χ0v) is 12.0. The summed E-state index contributed by atoms with van der Waals surface area (Å²) in [5, 5.41) is 14.2. The van der Waals surface area contributed by atoms with Gasteiger partial charge in [-0.3, -0.25) is 0 Å². The molecular formula is C9H12Cl2N4S2. The van der Waals surface area contributed by atoms with Crippen LogP contribution in [-0.2, 0) is 0 Å². The molecule has 8 heteroatoms. The SMILES string of the molecule is C1=CSCS1.Cl.Cl.NN1N=Nc2ccc1cc2. The summed E-state index contributed by atoms with van der Waals surface area (Å²) in [6, 6.07) is 7.47. The highest BCUT2D eigenvalue weighted by atomic mass is 35.5. The van der Waals surface area contributed by atoms with Gasteiger partial charge in [0.2, 0.25) is 0 Å². The highest BCUT2D eigenvalue weighted by Crippen LogP contribution is 2.23. The van der Waals surface area contributed by atoms with Crippen molar-refractivity contribution in [1.82, 2.24) is 0 Å². The number of nitrogens with two attached hydrogens (primary N) is 1. The topological polar surface area (TPSA) is 54.0 Å². The average Bonchev–Trinajstić information content (AvgIpc) is 2.76. The van der Waals surface area contributed by atoms with Gasteiger partial charge < -0.3 is 0 Å². The third-order valence-electron chi connectivity index (χ3n) is 1.75. The lowest BCUT2D eigenvalue weighted by Gasteiger charge is -2.05. The fraction of sp³-hybridized carbons (Fsp3) is 0.111. The van der Waals surface area contributed by atoms with Crippen molar-refractivity contribution in [2.75, 3.05) is 10.2 Å². The third-order valence-corrected chi connectivity index (χ3v) is 3.67. The van der Waals surface area contributed by atoms with Crippen molar-refractivity contribution in [2.24, 2.45) is 16.2 Å². The predicted molar refractivity (Wildman–Crippen MR) is 81.3 cm³/mol. The van der Waals surface area contributed by atoms with Crippen LogP contribution in [-0.4, -0.2) is 5.08 Å². The third kappa shape index (κ3) is 5.18. The number of anilines is 1. The molecule has 3 heterocycles. The van der Waals surface area contributed by atoms with Crippen molar-refractivity contribution in [3.63, 3.8) is 0 Å². The first-order chi connectivity index (χ1) is 7.36. The van der Waals surface area contributed by atoms with Gasteiger partial charge >= 0.3 is 0 Å². The number of hydrogen-bond donors (Lipinski definition) is 1. The molecule has 0 aliphatic carbocycles. The number of hydrazine groups is 1. The lowest BCUT2D eigenvalue weighted by Crippen LogP contribution is -2.22. The van der Waals surface area contributed by atoms with E-state index in [0.717, 1.165) is 11.4 Å². The Morgan fingerprint density at radius 1 is 1.06 bits per heavy atom. The summed E-state index contributed by atoms with van der Waals surface area (Å²) in [5.74, 6) is 5.44. The maximum atomic E-state index is 5.44. The summed E-state index contributed by atoms with van der Waals surface area (Å²) in [4.78, 5) is 0. The fourth-order valence-corrected chi connectivity index (χ4v) is 2.59. The van der Waals surface area contributed by atoms with E-state index in [0.29, 0.717) is 0 Å². The summed E-state index contributed by atoms with van der Waals surface area (Å²) in [7, 11) is 0. The van der Waals surface area contributed by atoms with Crippen LogP contribution < -0.4 is 11.0 Å². The van der Waals surface area contributed by atoms with Gasteiger partial charge in [0.15, 0.2) is 0 Å². The minimum Gasteiger partial charge on any atom is -0.225 e. The van der Waals surface area contributed by atoms with E-state index in [4.69, 9.17) is 5.84 Å². The van der Waals surface area contributed by atoms with Crippen molar-refractivity contribution >= 4 is 59.7 Å². The number of halogens is 2. The number of fused-ring (bicyclic) bond motifs is 3. The van der Waals surface area contributed by atoms with Crippen LogP contribution >= 0.6 is 48.3 Å². The highest BCUT2D eigenvalue weighted by Gasteiger charge is 2.03. The summed E-state index contributed by atoms with van der Waals surface area (Å²) >= 11 is 3.71. The molecule has 0 fully saturated rings. The first kappa shape index (κ1) is 16.6. The van der Waals surface area contributed by atoms with Crippen LogP contribution in [0.15, 0.2) is 45.4 Å². The number of hydrogen-bond acceptors (Lipinski definition) is 6. The lowest BCUT2D eigenvalue weighted by atomic mass is 10.3. The zero-order chi connectivity index (χ0) is 10.5. The van der Waals surface area contributed by atoms with Gasteiger partial charge in [-0.1, -0.05) is 5.22 Å². The van der Waals surface area contributed by atoms with Crippen LogP contribution in [0.2, 0.25) is 0 Å². The molecule has 4 nitrogen and oxygen atoms in total. The van der Waals surface area contributed by atoms with Gasteiger partial charge in [0, 0.05) is 5.08 Å². The van der Waals surface area contributed by atoms with Gasteiger partial charge in [0.05, 0.1) is 11.4 Å². The second-order valence-electron chi connectivity index (χ2n) is 2.77. The second-order valence-corrected chi connectivity index (χ2v) is 4.93. The molecule has 0 atom stereocenters. The van der Waals surface area contributed by atoms with Gasteiger partial charge in [-0.2, -0.15) is 5.12 Å². The zero-order valence-electron chi connectivity index (χ0n) is 8.72. The second kappa shape index (κ2) is 8.66. The Labute approximate surface area is 121 Å². The minimum absolute atomic E-state index is 0. The summed E-state index contributed by atoms with van der Waals surface area (Å²) in [6.45, 7) is 0. The number of benzene rings is 1. The molecule has 1 aromatic rings. The first-order valence-corrected chi connectivity index (χ1v) is 6.41. The molecule has 0 saturated heterocycles. The van der Waals surface area contributed by atoms with E-state index in [9.17, 15) is 0 Å². The predicted octanol–water partition coefficient (Wildman–Crippen LogP) is 4.12. The Kier molecular flexibility index (Phi) is 8.45. The fourth-order valence-electron chi connectivity index (χ4n) is 1.02. The number of nitrogens with zero attached hydrogens (tertiary/aromatic N) is 3. The van der Waals surface area contributed by atoms with Gasteiger partial charge in [-0.05, 0) is 35.1 Å². The Morgan fingerprint density at radius 2 is 1.65 bits per heavy atom.